The molecule has 2 heterocycles. The van der Waals surface area contributed by atoms with Gasteiger partial charge >= 0.3 is 0 Å². The summed E-state index contributed by atoms with van der Waals surface area (Å²) in [5, 5.41) is 3.07. The Morgan fingerprint density at radius 3 is 2.80 bits per heavy atom. The Hall–Kier alpha value is -1.92. The van der Waals surface area contributed by atoms with Crippen LogP contribution in [0.25, 0.3) is 0 Å². The fraction of sp³-hybridized carbons (Fsp3) is 0.368. The van der Waals surface area contributed by atoms with E-state index in [1.165, 1.54) is 16.2 Å². The minimum absolute atomic E-state index is 0.0491. The largest absolute Gasteiger partial charge is 0.351 e. The quantitative estimate of drug-likeness (QED) is 0.833. The second-order valence-corrected chi connectivity index (χ2v) is 7.36. The van der Waals surface area contributed by atoms with Crippen molar-refractivity contribution in [3.63, 3.8) is 0 Å². The van der Waals surface area contributed by atoms with Gasteiger partial charge in [-0.05, 0) is 46.9 Å². The molecular formula is C19H22BrN3O2. The van der Waals surface area contributed by atoms with E-state index in [9.17, 15) is 9.59 Å². The zero-order valence-electron chi connectivity index (χ0n) is 14.0. The molecule has 3 rings (SSSR count). The number of nitrogens with one attached hydrogen (secondary N) is 1. The molecule has 132 valence electrons. The Bertz CT molecular complexity index is 776. The van der Waals surface area contributed by atoms with Crippen LogP contribution in [0, 0.1) is 0 Å². The topological polar surface area (TPSA) is 54.3 Å². The van der Waals surface area contributed by atoms with Gasteiger partial charge in [0.2, 0.25) is 5.91 Å². The number of carbonyl (C=O) groups excluding carboxylic acids is 1. The smallest absolute Gasteiger partial charge is 0.251 e. The molecule has 0 saturated carbocycles. The lowest BCUT2D eigenvalue weighted by Gasteiger charge is -2.33. The van der Waals surface area contributed by atoms with Crippen LogP contribution in [0.5, 0.6) is 0 Å². The van der Waals surface area contributed by atoms with Crippen molar-refractivity contribution in [2.45, 2.75) is 32.0 Å². The average Bonchev–Trinajstić information content (AvgIpc) is 2.59. The van der Waals surface area contributed by atoms with Crippen molar-refractivity contribution in [3.8, 4) is 0 Å². The number of halogens is 1. The standard InChI is InChI=1S/C19H22BrN3O2/c20-16-8-9-19(25)23(12-16)14-18(24)21-17-7-4-10-22(13-17)11-15-5-2-1-3-6-15/h1-3,5-6,8-9,12,17H,4,7,10-11,13-14H2,(H,21,24). The molecule has 1 aliphatic heterocycles. The summed E-state index contributed by atoms with van der Waals surface area (Å²) >= 11 is 3.33. The molecule has 5 nitrogen and oxygen atoms in total. The van der Waals surface area contributed by atoms with Crippen molar-refractivity contribution >= 4 is 21.8 Å². The van der Waals surface area contributed by atoms with E-state index in [1.54, 1.807) is 12.3 Å². The predicted octanol–water partition coefficient (Wildman–Crippen LogP) is 2.39. The first kappa shape index (κ1) is 17.9. The van der Waals surface area contributed by atoms with Gasteiger partial charge in [-0.2, -0.15) is 0 Å². The Morgan fingerprint density at radius 2 is 2.00 bits per heavy atom. The maximum atomic E-state index is 12.3. The average molecular weight is 404 g/mol. The van der Waals surface area contributed by atoms with Crippen LogP contribution in [0.1, 0.15) is 18.4 Å². The molecule has 1 fully saturated rings. The second-order valence-electron chi connectivity index (χ2n) is 6.44. The first-order valence-corrected chi connectivity index (χ1v) is 9.31. The van der Waals surface area contributed by atoms with Crippen molar-refractivity contribution in [2.24, 2.45) is 0 Å². The molecule has 1 aromatic carbocycles. The minimum Gasteiger partial charge on any atom is -0.351 e. The monoisotopic (exact) mass is 403 g/mol. The lowest BCUT2D eigenvalue weighted by Crippen LogP contribution is -2.48. The van der Waals surface area contributed by atoms with Crippen LogP contribution < -0.4 is 10.9 Å². The summed E-state index contributed by atoms with van der Waals surface area (Å²) < 4.78 is 2.20. The summed E-state index contributed by atoms with van der Waals surface area (Å²) in [7, 11) is 0. The van der Waals surface area contributed by atoms with E-state index in [0.29, 0.717) is 0 Å². The number of rotatable bonds is 5. The van der Waals surface area contributed by atoms with Crippen molar-refractivity contribution in [1.29, 1.82) is 0 Å². The fourth-order valence-corrected chi connectivity index (χ4v) is 3.59. The molecule has 25 heavy (non-hydrogen) atoms. The van der Waals surface area contributed by atoms with E-state index < -0.39 is 0 Å². The maximum absolute atomic E-state index is 12.3. The van der Waals surface area contributed by atoms with E-state index in [2.05, 4.69) is 38.3 Å². The van der Waals surface area contributed by atoms with Crippen LogP contribution in [0.4, 0.5) is 0 Å². The normalized spacial score (nSPS) is 18.0. The Kier molecular flexibility index (Phi) is 6.04. The lowest BCUT2D eigenvalue weighted by atomic mass is 10.0. The molecule has 2 aromatic rings. The molecule has 1 unspecified atom stereocenters. The zero-order chi connectivity index (χ0) is 17.6. The van der Waals surface area contributed by atoms with Gasteiger partial charge in [-0.15, -0.1) is 0 Å². The molecular weight excluding hydrogens is 382 g/mol. The Labute approximate surface area is 155 Å². The number of nitrogens with zero attached hydrogens (tertiary/aromatic N) is 2. The van der Waals surface area contributed by atoms with Gasteiger partial charge in [0.25, 0.3) is 5.56 Å². The van der Waals surface area contributed by atoms with Gasteiger partial charge in [0.15, 0.2) is 0 Å². The molecule has 1 amide bonds. The fourth-order valence-electron chi connectivity index (χ4n) is 3.21. The minimum atomic E-state index is -0.173. The summed E-state index contributed by atoms with van der Waals surface area (Å²) in [5.41, 5.74) is 1.11. The van der Waals surface area contributed by atoms with E-state index in [0.717, 1.165) is 36.9 Å². The van der Waals surface area contributed by atoms with E-state index >= 15 is 0 Å². The molecule has 0 bridgehead atoms. The van der Waals surface area contributed by atoms with Crippen molar-refractivity contribution in [1.82, 2.24) is 14.8 Å². The van der Waals surface area contributed by atoms with Gasteiger partial charge in [0.05, 0.1) is 0 Å². The first-order valence-electron chi connectivity index (χ1n) is 8.52. The van der Waals surface area contributed by atoms with Crippen LogP contribution in [0.3, 0.4) is 0 Å². The van der Waals surface area contributed by atoms with Crippen molar-refractivity contribution in [2.75, 3.05) is 13.1 Å². The highest BCUT2D eigenvalue weighted by atomic mass is 79.9. The number of piperidine rings is 1. The van der Waals surface area contributed by atoms with Gasteiger partial charge in [0.1, 0.15) is 6.54 Å². The Balaban J connectivity index is 1.54. The zero-order valence-corrected chi connectivity index (χ0v) is 15.6. The van der Waals surface area contributed by atoms with E-state index in [1.807, 2.05) is 18.2 Å². The van der Waals surface area contributed by atoms with Crippen LogP contribution >= 0.6 is 15.9 Å². The lowest BCUT2D eigenvalue weighted by molar-refractivity contribution is -0.122. The van der Waals surface area contributed by atoms with Gasteiger partial charge in [-0.3, -0.25) is 14.5 Å². The first-order chi connectivity index (χ1) is 12.1. The van der Waals surface area contributed by atoms with Crippen molar-refractivity contribution in [3.05, 3.63) is 69.1 Å². The van der Waals surface area contributed by atoms with Gasteiger partial charge in [-0.1, -0.05) is 30.3 Å². The summed E-state index contributed by atoms with van der Waals surface area (Å²) in [4.78, 5) is 26.5. The molecule has 0 radical (unpaired) electrons. The third-order valence-corrected chi connectivity index (χ3v) is 4.85. The van der Waals surface area contributed by atoms with Crippen LogP contribution in [-0.4, -0.2) is 34.5 Å². The number of aromatic nitrogens is 1. The molecule has 1 aromatic heterocycles. The number of amides is 1. The summed E-state index contributed by atoms with van der Waals surface area (Å²) in [6, 6.07) is 13.6. The predicted molar refractivity (Wildman–Crippen MR) is 101 cm³/mol. The molecule has 1 aliphatic rings. The van der Waals surface area contributed by atoms with E-state index in [-0.39, 0.29) is 24.1 Å². The highest BCUT2D eigenvalue weighted by Gasteiger charge is 2.21. The molecule has 0 aliphatic carbocycles. The molecule has 1 atom stereocenters. The van der Waals surface area contributed by atoms with Crippen LogP contribution in [0.15, 0.2) is 57.9 Å². The summed E-state index contributed by atoms with van der Waals surface area (Å²) in [6.07, 6.45) is 3.68. The van der Waals surface area contributed by atoms with Gasteiger partial charge < -0.3 is 9.88 Å². The molecule has 1 saturated heterocycles. The Morgan fingerprint density at radius 1 is 1.20 bits per heavy atom. The van der Waals surface area contributed by atoms with E-state index in [4.69, 9.17) is 0 Å². The third kappa shape index (κ3) is 5.28. The molecule has 6 heteroatoms. The highest BCUT2D eigenvalue weighted by Crippen LogP contribution is 2.14. The number of hydrogen-bond donors (Lipinski definition) is 1. The number of benzene rings is 1. The maximum Gasteiger partial charge on any atom is 0.251 e. The molecule has 1 N–H and O–H groups in total. The third-order valence-electron chi connectivity index (χ3n) is 4.38. The molecule has 0 spiro atoms. The number of carbonyl (C=O) groups is 1. The number of pyridine rings is 1. The highest BCUT2D eigenvalue weighted by molar-refractivity contribution is 9.10. The SMILES string of the molecule is O=C(Cn1cc(Br)ccc1=O)NC1CCCN(Cc2ccccc2)C1. The van der Waals surface area contributed by atoms with Crippen molar-refractivity contribution < 1.29 is 4.79 Å². The summed E-state index contributed by atoms with van der Waals surface area (Å²) in [6.45, 7) is 2.84. The number of likely N-dealkylation sites (tertiary alicyclic amines) is 1. The van der Waals surface area contributed by atoms with Crippen LogP contribution in [-0.2, 0) is 17.9 Å². The van der Waals surface area contributed by atoms with Gasteiger partial charge in [0, 0.05) is 35.9 Å². The van der Waals surface area contributed by atoms with Crippen LogP contribution in [0.2, 0.25) is 0 Å². The second kappa shape index (κ2) is 8.45. The summed E-state index contributed by atoms with van der Waals surface area (Å²) in [5.74, 6) is -0.119. The van der Waals surface area contributed by atoms with Gasteiger partial charge in [-0.25, -0.2) is 0 Å². The number of hydrogen-bond acceptors (Lipinski definition) is 3.